The number of aromatic nitrogens is 2. The molecule has 6 nitrogen and oxygen atoms in total. The van der Waals surface area contributed by atoms with Gasteiger partial charge in [-0.3, -0.25) is 4.79 Å². The van der Waals surface area contributed by atoms with E-state index in [2.05, 4.69) is 15.6 Å². The predicted octanol–water partition coefficient (Wildman–Crippen LogP) is 4.16. The zero-order valence-electron chi connectivity index (χ0n) is 16.2. The second kappa shape index (κ2) is 8.04. The molecule has 1 heterocycles. The number of benzene rings is 2. The summed E-state index contributed by atoms with van der Waals surface area (Å²) in [4.78, 5) is 17.4. The maximum atomic E-state index is 14.2. The Kier molecular flexibility index (Phi) is 5.54. The Morgan fingerprint density at radius 1 is 1.18 bits per heavy atom. The molecule has 0 aliphatic heterocycles. The number of para-hydroxylation sites is 1. The molecule has 0 aliphatic rings. The van der Waals surface area contributed by atoms with Crippen LogP contribution in [0.2, 0.25) is 0 Å². The van der Waals surface area contributed by atoms with Crippen molar-refractivity contribution in [1.82, 2.24) is 9.78 Å². The fraction of sp³-hybridized carbons (Fsp3) is 0.190. The van der Waals surface area contributed by atoms with Crippen LogP contribution in [0, 0.1) is 12.9 Å². The summed E-state index contributed by atoms with van der Waals surface area (Å²) < 4.78 is 15.3. The summed E-state index contributed by atoms with van der Waals surface area (Å²) in [6.45, 7) is 3.46. The zero-order chi connectivity index (χ0) is 20.3. The van der Waals surface area contributed by atoms with Gasteiger partial charge in [0.25, 0.3) is 5.91 Å². The molecule has 3 aromatic rings. The van der Waals surface area contributed by atoms with Crippen molar-refractivity contribution in [3.63, 3.8) is 0 Å². The Morgan fingerprint density at radius 3 is 2.46 bits per heavy atom. The zero-order valence-corrected chi connectivity index (χ0v) is 16.2. The van der Waals surface area contributed by atoms with Crippen molar-refractivity contribution in [2.24, 2.45) is 12.2 Å². The standard InChI is InChI=1S/C21H21FN4O2/c1-13(25-28-4)15-9-11-16(12-10-15)17-7-5-6-8-18(17)23-21(27)19-14(2)24-26(3)20(19)22/h5-12H,1-4H3,(H,23,27)/b25-13+. The number of nitrogens with one attached hydrogen (secondary N) is 1. The molecule has 3 rings (SSSR count). The second-order valence-electron chi connectivity index (χ2n) is 6.31. The topological polar surface area (TPSA) is 68.5 Å². The van der Waals surface area contributed by atoms with Crippen molar-refractivity contribution in [2.75, 3.05) is 12.4 Å². The lowest BCUT2D eigenvalue weighted by molar-refractivity contribution is 0.102. The Hall–Kier alpha value is -3.48. The average Bonchev–Trinajstić information content (AvgIpc) is 2.94. The fourth-order valence-electron chi connectivity index (χ4n) is 3.00. The first-order valence-electron chi connectivity index (χ1n) is 8.70. The molecule has 0 spiro atoms. The largest absolute Gasteiger partial charge is 0.399 e. The summed E-state index contributed by atoms with van der Waals surface area (Å²) in [6.07, 6.45) is 0. The number of nitrogens with zero attached hydrogens (tertiary/aromatic N) is 3. The number of rotatable bonds is 5. The van der Waals surface area contributed by atoms with Gasteiger partial charge in [-0.25, -0.2) is 4.68 Å². The molecule has 0 unspecified atom stereocenters. The number of hydrogen-bond donors (Lipinski definition) is 1. The van der Waals surface area contributed by atoms with E-state index in [4.69, 9.17) is 4.84 Å². The van der Waals surface area contributed by atoms with E-state index in [9.17, 15) is 9.18 Å². The number of carbonyl (C=O) groups excluding carboxylic acids is 1. The Balaban J connectivity index is 1.91. The highest BCUT2D eigenvalue weighted by atomic mass is 19.1. The lowest BCUT2D eigenvalue weighted by Crippen LogP contribution is -2.15. The van der Waals surface area contributed by atoms with Gasteiger partial charge in [0, 0.05) is 18.3 Å². The third-order valence-corrected chi connectivity index (χ3v) is 4.40. The van der Waals surface area contributed by atoms with Crippen LogP contribution in [0.4, 0.5) is 10.1 Å². The van der Waals surface area contributed by atoms with E-state index in [0.717, 1.165) is 27.1 Å². The third kappa shape index (κ3) is 3.78. The molecule has 0 bridgehead atoms. The van der Waals surface area contributed by atoms with Gasteiger partial charge in [0.15, 0.2) is 0 Å². The minimum absolute atomic E-state index is 0.0564. The smallest absolute Gasteiger partial charge is 0.262 e. The lowest BCUT2D eigenvalue weighted by Gasteiger charge is -2.12. The molecule has 0 saturated carbocycles. The number of amides is 1. The molecule has 1 aromatic heterocycles. The summed E-state index contributed by atoms with van der Waals surface area (Å²) in [7, 11) is 2.97. The van der Waals surface area contributed by atoms with Crippen LogP contribution in [0.25, 0.3) is 11.1 Å². The number of halogens is 1. The van der Waals surface area contributed by atoms with E-state index in [1.807, 2.05) is 49.4 Å². The van der Waals surface area contributed by atoms with Crippen molar-refractivity contribution in [1.29, 1.82) is 0 Å². The van der Waals surface area contributed by atoms with Crippen LogP contribution < -0.4 is 5.32 Å². The Bertz CT molecular complexity index is 1040. The molecule has 0 aliphatic carbocycles. The Labute approximate surface area is 162 Å². The van der Waals surface area contributed by atoms with Crippen molar-refractivity contribution in [3.05, 3.63) is 71.3 Å². The van der Waals surface area contributed by atoms with E-state index in [-0.39, 0.29) is 5.56 Å². The summed E-state index contributed by atoms with van der Waals surface area (Å²) in [6, 6.07) is 15.1. The van der Waals surface area contributed by atoms with Crippen molar-refractivity contribution >= 4 is 17.3 Å². The summed E-state index contributed by atoms with van der Waals surface area (Å²) in [5.74, 6) is -1.19. The van der Waals surface area contributed by atoms with Crippen LogP contribution in [0.5, 0.6) is 0 Å². The predicted molar refractivity (Wildman–Crippen MR) is 107 cm³/mol. The van der Waals surface area contributed by atoms with Gasteiger partial charge in [-0.1, -0.05) is 47.6 Å². The summed E-state index contributed by atoms with van der Waals surface area (Å²) in [5, 5.41) is 10.7. The van der Waals surface area contributed by atoms with E-state index >= 15 is 0 Å². The minimum Gasteiger partial charge on any atom is -0.399 e. The van der Waals surface area contributed by atoms with Crippen LogP contribution in [0.15, 0.2) is 53.7 Å². The molecule has 144 valence electrons. The molecule has 2 aromatic carbocycles. The molecule has 7 heteroatoms. The molecule has 0 saturated heterocycles. The number of aryl methyl sites for hydroxylation is 2. The maximum Gasteiger partial charge on any atom is 0.262 e. The number of hydrogen-bond acceptors (Lipinski definition) is 4. The molecular formula is C21H21FN4O2. The molecule has 0 fully saturated rings. The summed E-state index contributed by atoms with van der Waals surface area (Å²) in [5.41, 5.74) is 4.30. The number of oxime groups is 1. The quantitative estimate of drug-likeness (QED) is 0.534. The van der Waals surface area contributed by atoms with Crippen LogP contribution in [-0.4, -0.2) is 28.5 Å². The molecule has 0 atom stereocenters. The van der Waals surface area contributed by atoms with Crippen LogP contribution in [0.1, 0.15) is 28.5 Å². The highest BCUT2D eigenvalue weighted by Crippen LogP contribution is 2.29. The molecule has 1 N–H and O–H groups in total. The van der Waals surface area contributed by atoms with Gasteiger partial charge in [0.2, 0.25) is 5.95 Å². The van der Waals surface area contributed by atoms with Crippen molar-refractivity contribution in [2.45, 2.75) is 13.8 Å². The maximum absolute atomic E-state index is 14.2. The normalized spacial score (nSPS) is 11.4. The van der Waals surface area contributed by atoms with Gasteiger partial charge >= 0.3 is 0 Å². The monoisotopic (exact) mass is 380 g/mol. The van der Waals surface area contributed by atoms with Crippen LogP contribution in [0.3, 0.4) is 0 Å². The van der Waals surface area contributed by atoms with Gasteiger partial charge < -0.3 is 10.2 Å². The molecule has 28 heavy (non-hydrogen) atoms. The second-order valence-corrected chi connectivity index (χ2v) is 6.31. The van der Waals surface area contributed by atoms with Crippen molar-refractivity contribution < 1.29 is 14.0 Å². The molecule has 1 amide bonds. The molecule has 0 radical (unpaired) electrons. The first-order chi connectivity index (χ1) is 13.4. The number of anilines is 1. The van der Waals surface area contributed by atoms with Gasteiger partial charge in [0.1, 0.15) is 12.7 Å². The number of carbonyl (C=O) groups is 1. The van der Waals surface area contributed by atoms with Gasteiger partial charge in [-0.2, -0.15) is 9.49 Å². The van der Waals surface area contributed by atoms with Crippen LogP contribution in [-0.2, 0) is 11.9 Å². The minimum atomic E-state index is -0.662. The van der Waals surface area contributed by atoms with E-state index in [1.165, 1.54) is 14.2 Å². The van der Waals surface area contributed by atoms with E-state index in [1.54, 1.807) is 13.0 Å². The van der Waals surface area contributed by atoms with E-state index in [0.29, 0.717) is 11.4 Å². The third-order valence-electron chi connectivity index (χ3n) is 4.40. The first kappa shape index (κ1) is 19.3. The highest BCUT2D eigenvalue weighted by molar-refractivity contribution is 6.07. The van der Waals surface area contributed by atoms with E-state index < -0.39 is 11.9 Å². The van der Waals surface area contributed by atoms with Crippen molar-refractivity contribution in [3.8, 4) is 11.1 Å². The average molecular weight is 380 g/mol. The fourth-order valence-corrected chi connectivity index (χ4v) is 3.00. The first-order valence-corrected chi connectivity index (χ1v) is 8.70. The van der Waals surface area contributed by atoms with Gasteiger partial charge in [-0.05, 0) is 31.0 Å². The lowest BCUT2D eigenvalue weighted by atomic mass is 10.0. The molecular weight excluding hydrogens is 359 g/mol. The SMILES string of the molecule is CO/N=C(\C)c1ccc(-c2ccccc2NC(=O)c2c(C)nn(C)c2F)cc1. The van der Waals surface area contributed by atoms with Gasteiger partial charge in [0.05, 0.1) is 11.4 Å². The summed E-state index contributed by atoms with van der Waals surface area (Å²) >= 11 is 0. The van der Waals surface area contributed by atoms with Crippen LogP contribution >= 0.6 is 0 Å². The van der Waals surface area contributed by atoms with Gasteiger partial charge in [-0.15, -0.1) is 0 Å². The highest BCUT2D eigenvalue weighted by Gasteiger charge is 2.21. The Morgan fingerprint density at radius 2 is 1.86 bits per heavy atom.